The zero-order chi connectivity index (χ0) is 18.4. The SMILES string of the molecule is COc1ccc(F)cc1C(=O)N[C@@H]1CCOC[C@H]1OCc1ccccn1. The minimum Gasteiger partial charge on any atom is -0.496 e. The van der Waals surface area contributed by atoms with Gasteiger partial charge in [-0.3, -0.25) is 9.78 Å². The Hall–Kier alpha value is -2.51. The highest BCUT2D eigenvalue weighted by Crippen LogP contribution is 2.21. The van der Waals surface area contributed by atoms with E-state index in [1.54, 1.807) is 6.20 Å². The molecule has 0 saturated carbocycles. The van der Waals surface area contributed by atoms with Gasteiger partial charge in [0, 0.05) is 12.8 Å². The van der Waals surface area contributed by atoms with Crippen molar-refractivity contribution in [1.82, 2.24) is 10.3 Å². The summed E-state index contributed by atoms with van der Waals surface area (Å²) in [6.07, 6.45) is 2.00. The third kappa shape index (κ3) is 4.56. The number of carbonyl (C=O) groups excluding carboxylic acids is 1. The zero-order valence-electron chi connectivity index (χ0n) is 14.5. The van der Waals surface area contributed by atoms with E-state index in [0.29, 0.717) is 32.0 Å². The van der Waals surface area contributed by atoms with E-state index in [2.05, 4.69) is 10.3 Å². The summed E-state index contributed by atoms with van der Waals surface area (Å²) in [4.78, 5) is 16.8. The van der Waals surface area contributed by atoms with E-state index in [4.69, 9.17) is 14.2 Å². The predicted molar refractivity (Wildman–Crippen MR) is 92.5 cm³/mol. The lowest BCUT2D eigenvalue weighted by Gasteiger charge is -2.32. The van der Waals surface area contributed by atoms with Crippen LogP contribution in [-0.4, -0.2) is 43.4 Å². The van der Waals surface area contributed by atoms with E-state index < -0.39 is 11.7 Å². The Kier molecular flexibility index (Phi) is 6.14. The van der Waals surface area contributed by atoms with Crippen LogP contribution in [0.4, 0.5) is 4.39 Å². The highest BCUT2D eigenvalue weighted by atomic mass is 19.1. The van der Waals surface area contributed by atoms with Crippen LogP contribution in [0.25, 0.3) is 0 Å². The van der Waals surface area contributed by atoms with Crippen molar-refractivity contribution in [3.8, 4) is 5.75 Å². The standard InChI is InChI=1S/C19H21FN2O4/c1-24-17-6-5-13(20)10-15(17)19(23)22-16-7-9-25-12-18(16)26-11-14-4-2-3-8-21-14/h2-6,8,10,16,18H,7,9,11-12H2,1H3,(H,22,23)/t16-,18-/m1/s1. The van der Waals surface area contributed by atoms with Crippen LogP contribution in [0, 0.1) is 5.82 Å². The smallest absolute Gasteiger partial charge is 0.255 e. The summed E-state index contributed by atoms with van der Waals surface area (Å²) >= 11 is 0. The number of ether oxygens (including phenoxy) is 3. The molecular formula is C19H21FN2O4. The van der Waals surface area contributed by atoms with E-state index in [0.717, 1.165) is 11.8 Å². The minimum atomic E-state index is -0.495. The molecule has 0 spiro atoms. The highest BCUT2D eigenvalue weighted by molar-refractivity contribution is 5.97. The minimum absolute atomic E-state index is 0.155. The Morgan fingerprint density at radius 1 is 1.38 bits per heavy atom. The van der Waals surface area contributed by atoms with E-state index >= 15 is 0 Å². The lowest BCUT2D eigenvalue weighted by atomic mass is 10.0. The fraction of sp³-hybridized carbons (Fsp3) is 0.368. The fourth-order valence-corrected chi connectivity index (χ4v) is 2.82. The van der Waals surface area contributed by atoms with Crippen molar-refractivity contribution >= 4 is 5.91 Å². The summed E-state index contributed by atoms with van der Waals surface area (Å²) in [6.45, 7) is 1.22. The molecule has 26 heavy (non-hydrogen) atoms. The van der Waals surface area contributed by atoms with Crippen LogP contribution in [0.5, 0.6) is 5.75 Å². The Labute approximate surface area is 151 Å². The first-order valence-corrected chi connectivity index (χ1v) is 8.41. The summed E-state index contributed by atoms with van der Waals surface area (Å²) < 4.78 is 30.0. The van der Waals surface area contributed by atoms with Gasteiger partial charge in [-0.15, -0.1) is 0 Å². The first-order valence-electron chi connectivity index (χ1n) is 8.41. The molecule has 1 aromatic carbocycles. The largest absolute Gasteiger partial charge is 0.496 e. The molecule has 1 amide bonds. The molecule has 3 rings (SSSR count). The summed E-state index contributed by atoms with van der Waals surface area (Å²) in [5, 5.41) is 2.91. The molecule has 0 unspecified atom stereocenters. The zero-order valence-corrected chi connectivity index (χ0v) is 14.5. The van der Waals surface area contributed by atoms with Crippen LogP contribution in [0.3, 0.4) is 0 Å². The Balaban J connectivity index is 1.66. The third-order valence-electron chi connectivity index (χ3n) is 4.20. The molecule has 2 heterocycles. The number of methoxy groups -OCH3 is 1. The van der Waals surface area contributed by atoms with Crippen molar-refractivity contribution in [2.45, 2.75) is 25.2 Å². The summed E-state index contributed by atoms with van der Waals surface area (Å²) in [7, 11) is 1.44. The van der Waals surface area contributed by atoms with Crippen LogP contribution < -0.4 is 10.1 Å². The van der Waals surface area contributed by atoms with Crippen molar-refractivity contribution < 1.29 is 23.4 Å². The normalized spacial score (nSPS) is 19.8. The van der Waals surface area contributed by atoms with Crippen LogP contribution in [0.15, 0.2) is 42.6 Å². The molecule has 2 atom stereocenters. The van der Waals surface area contributed by atoms with Gasteiger partial charge in [0.05, 0.1) is 37.6 Å². The molecule has 2 aromatic rings. The molecule has 1 aliphatic rings. The Bertz CT molecular complexity index is 742. The van der Waals surface area contributed by atoms with Gasteiger partial charge in [-0.25, -0.2) is 4.39 Å². The molecule has 0 bridgehead atoms. The van der Waals surface area contributed by atoms with Gasteiger partial charge in [0.2, 0.25) is 0 Å². The van der Waals surface area contributed by atoms with Gasteiger partial charge in [-0.2, -0.15) is 0 Å². The lowest BCUT2D eigenvalue weighted by Crippen LogP contribution is -2.50. The predicted octanol–water partition coefficient (Wildman–Crippen LogP) is 2.33. The number of aromatic nitrogens is 1. The molecule has 0 radical (unpaired) electrons. The third-order valence-corrected chi connectivity index (χ3v) is 4.20. The monoisotopic (exact) mass is 360 g/mol. The second-order valence-electron chi connectivity index (χ2n) is 5.96. The van der Waals surface area contributed by atoms with E-state index in [-0.39, 0.29) is 17.7 Å². The molecular weight excluding hydrogens is 339 g/mol. The number of halogens is 1. The quantitative estimate of drug-likeness (QED) is 0.856. The second kappa shape index (κ2) is 8.73. The number of nitrogens with one attached hydrogen (secondary N) is 1. The topological polar surface area (TPSA) is 69.7 Å². The van der Waals surface area contributed by atoms with Gasteiger partial charge in [0.25, 0.3) is 5.91 Å². The molecule has 138 valence electrons. The summed E-state index contributed by atoms with van der Waals surface area (Å²) in [5.74, 6) is -0.576. The Morgan fingerprint density at radius 3 is 3.04 bits per heavy atom. The number of rotatable bonds is 6. The van der Waals surface area contributed by atoms with Crippen LogP contribution in [0.1, 0.15) is 22.5 Å². The van der Waals surface area contributed by atoms with Crippen LogP contribution in [-0.2, 0) is 16.1 Å². The first kappa shape index (κ1) is 18.3. The van der Waals surface area contributed by atoms with Gasteiger partial charge in [-0.05, 0) is 36.8 Å². The maximum atomic E-state index is 13.5. The van der Waals surface area contributed by atoms with Crippen molar-refractivity contribution in [3.05, 3.63) is 59.7 Å². The number of nitrogens with zero attached hydrogens (tertiary/aromatic N) is 1. The van der Waals surface area contributed by atoms with E-state index in [9.17, 15) is 9.18 Å². The molecule has 1 aromatic heterocycles. The fourth-order valence-electron chi connectivity index (χ4n) is 2.82. The van der Waals surface area contributed by atoms with Crippen LogP contribution in [0.2, 0.25) is 0 Å². The lowest BCUT2D eigenvalue weighted by molar-refractivity contribution is -0.0743. The van der Waals surface area contributed by atoms with Crippen molar-refractivity contribution in [3.63, 3.8) is 0 Å². The van der Waals surface area contributed by atoms with E-state index in [1.807, 2.05) is 18.2 Å². The molecule has 0 aliphatic carbocycles. The average molecular weight is 360 g/mol. The number of pyridine rings is 1. The molecule has 1 saturated heterocycles. The Morgan fingerprint density at radius 2 is 2.27 bits per heavy atom. The number of hydrogen-bond donors (Lipinski definition) is 1. The van der Waals surface area contributed by atoms with Crippen molar-refractivity contribution in [2.75, 3.05) is 20.3 Å². The maximum Gasteiger partial charge on any atom is 0.255 e. The molecule has 1 aliphatic heterocycles. The number of benzene rings is 1. The molecule has 6 nitrogen and oxygen atoms in total. The molecule has 1 fully saturated rings. The van der Waals surface area contributed by atoms with Gasteiger partial charge < -0.3 is 19.5 Å². The number of amides is 1. The second-order valence-corrected chi connectivity index (χ2v) is 5.96. The van der Waals surface area contributed by atoms with Crippen LogP contribution >= 0.6 is 0 Å². The molecule has 1 N–H and O–H groups in total. The average Bonchev–Trinajstić information content (AvgIpc) is 2.68. The van der Waals surface area contributed by atoms with Gasteiger partial charge in [-0.1, -0.05) is 6.07 Å². The van der Waals surface area contributed by atoms with Gasteiger partial charge in [0.1, 0.15) is 17.7 Å². The maximum absolute atomic E-state index is 13.5. The van der Waals surface area contributed by atoms with Crippen molar-refractivity contribution in [2.24, 2.45) is 0 Å². The van der Waals surface area contributed by atoms with Crippen molar-refractivity contribution in [1.29, 1.82) is 0 Å². The first-order chi connectivity index (χ1) is 12.7. The number of carbonyl (C=O) groups is 1. The van der Waals surface area contributed by atoms with Gasteiger partial charge >= 0.3 is 0 Å². The summed E-state index contributed by atoms with van der Waals surface area (Å²) in [5.41, 5.74) is 0.956. The van der Waals surface area contributed by atoms with Gasteiger partial charge in [0.15, 0.2) is 0 Å². The highest BCUT2D eigenvalue weighted by Gasteiger charge is 2.29. The molecule has 7 heteroatoms. The summed E-state index contributed by atoms with van der Waals surface area (Å²) in [6, 6.07) is 9.20. The number of hydrogen-bond acceptors (Lipinski definition) is 5. The van der Waals surface area contributed by atoms with E-state index in [1.165, 1.54) is 19.2 Å².